The maximum absolute atomic E-state index is 12.7. The van der Waals surface area contributed by atoms with E-state index >= 15 is 0 Å². The van der Waals surface area contributed by atoms with Crippen LogP contribution in [0.4, 0.5) is 0 Å². The van der Waals surface area contributed by atoms with Crippen LogP contribution in [-0.2, 0) is 4.79 Å². The van der Waals surface area contributed by atoms with Crippen LogP contribution in [0.25, 0.3) is 6.08 Å². The van der Waals surface area contributed by atoms with Crippen LogP contribution in [0.5, 0.6) is 0 Å². The fourth-order valence-corrected chi connectivity index (χ4v) is 3.22. The van der Waals surface area contributed by atoms with E-state index in [1.54, 1.807) is 30.3 Å². The summed E-state index contributed by atoms with van der Waals surface area (Å²) in [5, 5.41) is 5.63. The third kappa shape index (κ3) is 5.71. The van der Waals surface area contributed by atoms with Crippen molar-refractivity contribution in [1.82, 2.24) is 10.6 Å². The van der Waals surface area contributed by atoms with Crippen LogP contribution in [0.2, 0.25) is 0 Å². The maximum atomic E-state index is 12.7. The zero-order chi connectivity index (χ0) is 19.8. The molecule has 1 aliphatic carbocycles. The highest BCUT2D eigenvalue weighted by molar-refractivity contribution is 6.05. The Kier molecular flexibility index (Phi) is 6.84. The molecule has 5 heteroatoms. The molecule has 0 saturated heterocycles. The highest BCUT2D eigenvalue weighted by atomic mass is 16.3. The van der Waals surface area contributed by atoms with Crippen LogP contribution in [-0.4, -0.2) is 18.4 Å². The lowest BCUT2D eigenvalue weighted by Crippen LogP contribution is -2.35. The molecule has 0 saturated carbocycles. The summed E-state index contributed by atoms with van der Waals surface area (Å²) in [5.41, 5.74) is 3.05. The van der Waals surface area contributed by atoms with Gasteiger partial charge in [-0.3, -0.25) is 9.59 Å². The second-order valence-electron chi connectivity index (χ2n) is 7.01. The second-order valence-corrected chi connectivity index (χ2v) is 7.01. The van der Waals surface area contributed by atoms with Crippen LogP contribution in [0, 0.1) is 6.92 Å². The molecule has 2 aromatic rings. The van der Waals surface area contributed by atoms with Gasteiger partial charge in [0.2, 0.25) is 0 Å². The van der Waals surface area contributed by atoms with Crippen LogP contribution in [0.15, 0.2) is 64.4 Å². The van der Waals surface area contributed by atoms with E-state index in [9.17, 15) is 9.59 Å². The summed E-state index contributed by atoms with van der Waals surface area (Å²) in [7, 11) is 0. The van der Waals surface area contributed by atoms with E-state index in [4.69, 9.17) is 4.42 Å². The molecule has 0 atom stereocenters. The van der Waals surface area contributed by atoms with E-state index in [2.05, 4.69) is 16.7 Å². The molecule has 3 rings (SSSR count). The Morgan fingerprint density at radius 2 is 2.07 bits per heavy atom. The van der Waals surface area contributed by atoms with Crippen molar-refractivity contribution < 1.29 is 14.0 Å². The first kappa shape index (κ1) is 19.7. The topological polar surface area (TPSA) is 71.3 Å². The average Bonchev–Trinajstić information content (AvgIpc) is 3.21. The van der Waals surface area contributed by atoms with Crippen molar-refractivity contribution in [3.8, 4) is 0 Å². The van der Waals surface area contributed by atoms with Gasteiger partial charge in [-0.2, -0.15) is 0 Å². The second kappa shape index (κ2) is 9.74. The molecule has 1 aromatic heterocycles. The number of furan rings is 1. The number of nitrogens with one attached hydrogen (secondary N) is 2. The molecule has 0 fully saturated rings. The first-order valence-corrected chi connectivity index (χ1v) is 9.71. The van der Waals surface area contributed by atoms with E-state index in [0.717, 1.165) is 24.8 Å². The fraction of sp³-hybridized carbons (Fsp3) is 0.304. The van der Waals surface area contributed by atoms with Crippen molar-refractivity contribution in [2.24, 2.45) is 0 Å². The summed E-state index contributed by atoms with van der Waals surface area (Å²) >= 11 is 0. The largest absolute Gasteiger partial charge is 0.465 e. The molecular formula is C23H26N2O3. The number of rotatable bonds is 7. The number of allylic oxidation sites excluding steroid dienone is 1. The van der Waals surface area contributed by atoms with Crippen molar-refractivity contribution >= 4 is 17.9 Å². The molecule has 0 bridgehead atoms. The average molecular weight is 378 g/mol. The van der Waals surface area contributed by atoms with E-state index < -0.39 is 0 Å². The molecule has 1 aliphatic rings. The van der Waals surface area contributed by atoms with E-state index in [1.165, 1.54) is 24.7 Å². The normalized spacial score (nSPS) is 14.3. The molecule has 0 spiro atoms. The van der Waals surface area contributed by atoms with Gasteiger partial charge < -0.3 is 15.1 Å². The van der Waals surface area contributed by atoms with Gasteiger partial charge in [0.1, 0.15) is 11.5 Å². The summed E-state index contributed by atoms with van der Waals surface area (Å²) in [5.74, 6) is -0.148. The predicted octanol–water partition coefficient (Wildman–Crippen LogP) is 4.37. The molecule has 28 heavy (non-hydrogen) atoms. The molecule has 5 nitrogen and oxygen atoms in total. The van der Waals surface area contributed by atoms with Crippen LogP contribution >= 0.6 is 0 Å². The van der Waals surface area contributed by atoms with Gasteiger partial charge in [-0.1, -0.05) is 29.3 Å². The van der Waals surface area contributed by atoms with Gasteiger partial charge >= 0.3 is 0 Å². The Bertz CT molecular complexity index is 879. The summed E-state index contributed by atoms with van der Waals surface area (Å²) in [6, 6.07) is 10.7. The van der Waals surface area contributed by atoms with E-state index in [1.807, 2.05) is 19.1 Å². The molecule has 2 N–H and O–H groups in total. The SMILES string of the molecule is Cc1cccc(C(=O)N/C(=C\c2ccco2)C(=O)NCCC2=CCCCC2)c1. The maximum Gasteiger partial charge on any atom is 0.267 e. The lowest BCUT2D eigenvalue weighted by Gasteiger charge is -2.14. The van der Waals surface area contributed by atoms with E-state index in [-0.39, 0.29) is 17.5 Å². The zero-order valence-electron chi connectivity index (χ0n) is 16.2. The first-order chi connectivity index (χ1) is 13.6. The van der Waals surface area contributed by atoms with Gasteiger partial charge in [0.25, 0.3) is 11.8 Å². The standard InChI is InChI=1S/C23H26N2O3/c1-17-7-5-10-19(15-17)22(26)25-21(16-20-11-6-14-28-20)23(27)24-13-12-18-8-3-2-4-9-18/h5-8,10-11,14-16H,2-4,9,12-13H2,1H3,(H,24,27)(H,25,26)/b21-16-. The number of aryl methyl sites for hydroxylation is 1. The minimum atomic E-state index is -0.327. The number of hydrogen-bond acceptors (Lipinski definition) is 3. The number of carbonyl (C=O) groups is 2. The lowest BCUT2D eigenvalue weighted by atomic mass is 9.97. The molecule has 2 amide bonds. The summed E-state index contributed by atoms with van der Waals surface area (Å²) < 4.78 is 5.30. The zero-order valence-corrected chi connectivity index (χ0v) is 16.2. The van der Waals surface area contributed by atoms with Gasteiger partial charge in [-0.25, -0.2) is 0 Å². The molecule has 1 aromatic carbocycles. The van der Waals surface area contributed by atoms with Crippen LogP contribution < -0.4 is 10.6 Å². The lowest BCUT2D eigenvalue weighted by molar-refractivity contribution is -0.117. The minimum Gasteiger partial charge on any atom is -0.465 e. The monoisotopic (exact) mass is 378 g/mol. The number of benzene rings is 1. The Morgan fingerprint density at radius 1 is 1.18 bits per heavy atom. The third-order valence-electron chi connectivity index (χ3n) is 4.72. The Morgan fingerprint density at radius 3 is 2.79 bits per heavy atom. The van der Waals surface area contributed by atoms with Gasteiger partial charge in [0.05, 0.1) is 6.26 Å². The Labute approximate surface area is 165 Å². The summed E-state index contributed by atoms with van der Waals surface area (Å²) in [6.07, 6.45) is 10.9. The molecule has 1 heterocycles. The highest BCUT2D eigenvalue weighted by Crippen LogP contribution is 2.19. The van der Waals surface area contributed by atoms with Gasteiger partial charge in [-0.05, 0) is 63.3 Å². The molecular weight excluding hydrogens is 352 g/mol. The number of hydrogen-bond donors (Lipinski definition) is 2. The van der Waals surface area contributed by atoms with Gasteiger partial charge in [0, 0.05) is 18.2 Å². The number of carbonyl (C=O) groups excluding carboxylic acids is 2. The fourth-order valence-electron chi connectivity index (χ4n) is 3.22. The molecule has 146 valence electrons. The smallest absolute Gasteiger partial charge is 0.267 e. The first-order valence-electron chi connectivity index (χ1n) is 9.71. The highest BCUT2D eigenvalue weighted by Gasteiger charge is 2.15. The van der Waals surface area contributed by atoms with Gasteiger partial charge in [-0.15, -0.1) is 0 Å². The molecule has 0 radical (unpaired) electrons. The predicted molar refractivity (Wildman–Crippen MR) is 110 cm³/mol. The van der Waals surface area contributed by atoms with Crippen molar-refractivity contribution in [2.45, 2.75) is 39.0 Å². The number of amides is 2. The van der Waals surface area contributed by atoms with Crippen molar-refractivity contribution in [3.05, 3.63) is 76.9 Å². The minimum absolute atomic E-state index is 0.166. The third-order valence-corrected chi connectivity index (χ3v) is 4.72. The quantitative estimate of drug-likeness (QED) is 0.555. The van der Waals surface area contributed by atoms with Crippen molar-refractivity contribution in [1.29, 1.82) is 0 Å². The van der Waals surface area contributed by atoms with Crippen molar-refractivity contribution in [3.63, 3.8) is 0 Å². The van der Waals surface area contributed by atoms with Crippen LogP contribution in [0.1, 0.15) is 53.8 Å². The Hall–Kier alpha value is -3.08. The van der Waals surface area contributed by atoms with Crippen LogP contribution in [0.3, 0.4) is 0 Å². The molecule has 0 aliphatic heterocycles. The van der Waals surface area contributed by atoms with E-state index in [0.29, 0.717) is 17.9 Å². The van der Waals surface area contributed by atoms with Crippen molar-refractivity contribution in [2.75, 3.05) is 6.54 Å². The molecule has 0 unspecified atom stereocenters. The summed E-state index contributed by atoms with van der Waals surface area (Å²) in [6.45, 7) is 2.46. The van der Waals surface area contributed by atoms with Gasteiger partial charge in [0.15, 0.2) is 0 Å². The Balaban J connectivity index is 1.67. The summed E-state index contributed by atoms with van der Waals surface area (Å²) in [4.78, 5) is 25.3.